The van der Waals surface area contributed by atoms with E-state index in [0.29, 0.717) is 17.9 Å². The minimum Gasteiger partial charge on any atom is -0.492 e. The molecule has 0 aliphatic rings. The molecule has 0 saturated heterocycles. The predicted octanol–water partition coefficient (Wildman–Crippen LogP) is 2.15. The maximum absolute atomic E-state index is 11.9. The minimum absolute atomic E-state index is 0.00630. The Bertz CT molecular complexity index is 960. The number of carboxylic acids is 1. The van der Waals surface area contributed by atoms with Crippen LogP contribution in [0.15, 0.2) is 59.8 Å². The smallest absolute Gasteiger partial charge is 0.306 e. The van der Waals surface area contributed by atoms with E-state index in [9.17, 15) is 9.59 Å². The largest absolute Gasteiger partial charge is 0.492 e. The van der Waals surface area contributed by atoms with Gasteiger partial charge in [0.05, 0.1) is 25.8 Å². The molecule has 0 atom stereocenters. The molecule has 2 aromatic heterocycles. The standard InChI is InChI=1S/C19H19N3O4/c1-21-13-16(17(9-18(21)23)26-8-7-19(24)25)15-10-20-22(12-15)11-14-5-3-2-4-6-14/h2-6,9-10,12-13H,7-8,11H2,1H3,(H,24,25). The molecule has 2 heterocycles. The Labute approximate surface area is 150 Å². The highest BCUT2D eigenvalue weighted by molar-refractivity contribution is 5.69. The molecule has 0 saturated carbocycles. The van der Waals surface area contributed by atoms with E-state index in [2.05, 4.69) is 5.10 Å². The summed E-state index contributed by atoms with van der Waals surface area (Å²) in [4.78, 5) is 22.6. The Morgan fingerprint density at radius 1 is 1.23 bits per heavy atom. The van der Waals surface area contributed by atoms with Crippen LogP contribution in [0.2, 0.25) is 0 Å². The summed E-state index contributed by atoms with van der Waals surface area (Å²) < 4.78 is 8.79. The summed E-state index contributed by atoms with van der Waals surface area (Å²) in [6.07, 6.45) is 5.11. The van der Waals surface area contributed by atoms with Gasteiger partial charge in [0, 0.05) is 36.6 Å². The summed E-state index contributed by atoms with van der Waals surface area (Å²) in [6.45, 7) is 0.620. The summed E-state index contributed by atoms with van der Waals surface area (Å²) in [7, 11) is 1.65. The first-order valence-electron chi connectivity index (χ1n) is 8.15. The number of rotatable bonds is 7. The highest BCUT2D eigenvalue weighted by Crippen LogP contribution is 2.28. The lowest BCUT2D eigenvalue weighted by atomic mass is 10.1. The highest BCUT2D eigenvalue weighted by atomic mass is 16.5. The third-order valence-electron chi connectivity index (χ3n) is 3.90. The average molecular weight is 353 g/mol. The Morgan fingerprint density at radius 2 is 2.00 bits per heavy atom. The predicted molar refractivity (Wildman–Crippen MR) is 96.2 cm³/mol. The van der Waals surface area contributed by atoms with Crippen molar-refractivity contribution in [3.63, 3.8) is 0 Å². The first-order chi connectivity index (χ1) is 12.5. The van der Waals surface area contributed by atoms with Crippen LogP contribution in [-0.4, -0.2) is 32.0 Å². The molecule has 0 aliphatic heterocycles. The molecule has 0 fully saturated rings. The molecule has 0 radical (unpaired) electrons. The van der Waals surface area contributed by atoms with Gasteiger partial charge in [-0.25, -0.2) is 0 Å². The van der Waals surface area contributed by atoms with Crippen LogP contribution in [0.5, 0.6) is 5.75 Å². The molecule has 26 heavy (non-hydrogen) atoms. The fraction of sp³-hybridized carbons (Fsp3) is 0.211. The van der Waals surface area contributed by atoms with Crippen LogP contribution in [0.1, 0.15) is 12.0 Å². The lowest BCUT2D eigenvalue weighted by molar-refractivity contribution is -0.137. The Kier molecular flexibility index (Phi) is 5.17. The van der Waals surface area contributed by atoms with Gasteiger partial charge in [-0.15, -0.1) is 0 Å². The molecule has 134 valence electrons. The van der Waals surface area contributed by atoms with Gasteiger partial charge in [0.25, 0.3) is 5.56 Å². The Balaban J connectivity index is 1.87. The second-order valence-electron chi connectivity index (χ2n) is 5.90. The van der Waals surface area contributed by atoms with Gasteiger partial charge in [0.1, 0.15) is 5.75 Å². The molecule has 3 rings (SSSR count). The van der Waals surface area contributed by atoms with Gasteiger partial charge in [-0.3, -0.25) is 14.3 Å². The number of carboxylic acid groups (broad SMARTS) is 1. The summed E-state index contributed by atoms with van der Waals surface area (Å²) in [6, 6.07) is 11.3. The zero-order chi connectivity index (χ0) is 18.5. The number of aliphatic carboxylic acids is 1. The third kappa shape index (κ3) is 4.18. The van der Waals surface area contributed by atoms with Gasteiger partial charge in [-0.1, -0.05) is 30.3 Å². The van der Waals surface area contributed by atoms with Gasteiger partial charge >= 0.3 is 5.97 Å². The zero-order valence-corrected chi connectivity index (χ0v) is 14.3. The van der Waals surface area contributed by atoms with Crippen molar-refractivity contribution < 1.29 is 14.6 Å². The fourth-order valence-corrected chi connectivity index (χ4v) is 2.56. The van der Waals surface area contributed by atoms with Crippen molar-refractivity contribution in [1.29, 1.82) is 0 Å². The second kappa shape index (κ2) is 7.69. The van der Waals surface area contributed by atoms with Crippen molar-refractivity contribution in [2.75, 3.05) is 6.61 Å². The van der Waals surface area contributed by atoms with E-state index in [4.69, 9.17) is 9.84 Å². The van der Waals surface area contributed by atoms with Crippen LogP contribution >= 0.6 is 0 Å². The maximum Gasteiger partial charge on any atom is 0.306 e. The van der Waals surface area contributed by atoms with Crippen molar-refractivity contribution in [3.8, 4) is 16.9 Å². The number of pyridine rings is 1. The first kappa shape index (κ1) is 17.5. The maximum atomic E-state index is 11.9. The van der Waals surface area contributed by atoms with Gasteiger partial charge in [-0.2, -0.15) is 5.10 Å². The summed E-state index contributed by atoms with van der Waals surface area (Å²) in [5.41, 5.74) is 2.38. The number of ether oxygens (including phenoxy) is 1. The van der Waals surface area contributed by atoms with Gasteiger partial charge in [-0.05, 0) is 5.56 Å². The molecule has 0 unspecified atom stereocenters. The minimum atomic E-state index is -0.953. The van der Waals surface area contributed by atoms with E-state index in [1.165, 1.54) is 10.6 Å². The number of aromatic nitrogens is 3. The van der Waals surface area contributed by atoms with Crippen LogP contribution in [0, 0.1) is 0 Å². The molecule has 1 aromatic carbocycles. The Morgan fingerprint density at radius 3 is 2.73 bits per heavy atom. The topological polar surface area (TPSA) is 86.3 Å². The normalized spacial score (nSPS) is 10.7. The molecule has 0 aliphatic carbocycles. The lowest BCUT2D eigenvalue weighted by Crippen LogP contribution is -2.16. The number of aryl methyl sites for hydroxylation is 1. The summed E-state index contributed by atoms with van der Waals surface area (Å²) >= 11 is 0. The molecule has 7 nitrogen and oxygen atoms in total. The summed E-state index contributed by atoms with van der Waals surface area (Å²) in [5, 5.41) is 13.1. The highest BCUT2D eigenvalue weighted by Gasteiger charge is 2.12. The third-order valence-corrected chi connectivity index (χ3v) is 3.90. The van der Waals surface area contributed by atoms with Crippen LogP contribution in [0.25, 0.3) is 11.1 Å². The molecule has 0 bridgehead atoms. The van der Waals surface area contributed by atoms with Crippen LogP contribution in [-0.2, 0) is 18.4 Å². The van der Waals surface area contributed by atoms with Crippen molar-refractivity contribution in [3.05, 3.63) is 70.9 Å². The summed E-state index contributed by atoms with van der Waals surface area (Å²) in [5.74, 6) is -0.598. The zero-order valence-electron chi connectivity index (χ0n) is 14.3. The molecule has 3 aromatic rings. The SMILES string of the molecule is Cn1cc(-c2cnn(Cc3ccccc3)c2)c(OCCC(=O)O)cc1=O. The molecular weight excluding hydrogens is 334 g/mol. The monoisotopic (exact) mass is 353 g/mol. The van der Waals surface area contributed by atoms with Gasteiger partial charge in [0.15, 0.2) is 0 Å². The second-order valence-corrected chi connectivity index (χ2v) is 5.90. The van der Waals surface area contributed by atoms with Crippen LogP contribution < -0.4 is 10.3 Å². The van der Waals surface area contributed by atoms with E-state index >= 15 is 0 Å². The van der Waals surface area contributed by atoms with E-state index in [0.717, 1.165) is 11.1 Å². The number of nitrogens with zero attached hydrogens (tertiary/aromatic N) is 3. The number of carbonyl (C=O) groups is 1. The molecule has 7 heteroatoms. The van der Waals surface area contributed by atoms with Crippen molar-refractivity contribution in [2.24, 2.45) is 7.05 Å². The van der Waals surface area contributed by atoms with E-state index in [-0.39, 0.29) is 18.6 Å². The first-order valence-corrected chi connectivity index (χ1v) is 8.15. The molecular formula is C19H19N3O4. The Hall–Kier alpha value is -3.35. The van der Waals surface area contributed by atoms with Crippen molar-refractivity contribution in [1.82, 2.24) is 14.3 Å². The molecule has 1 N–H and O–H groups in total. The van der Waals surface area contributed by atoms with E-state index < -0.39 is 5.97 Å². The van der Waals surface area contributed by atoms with Crippen molar-refractivity contribution >= 4 is 5.97 Å². The number of hydrogen-bond donors (Lipinski definition) is 1. The van der Waals surface area contributed by atoms with Gasteiger partial charge in [0.2, 0.25) is 0 Å². The quantitative estimate of drug-likeness (QED) is 0.703. The van der Waals surface area contributed by atoms with Crippen LogP contribution in [0.3, 0.4) is 0 Å². The van der Waals surface area contributed by atoms with Crippen LogP contribution in [0.4, 0.5) is 0 Å². The van der Waals surface area contributed by atoms with Crippen molar-refractivity contribution in [2.45, 2.75) is 13.0 Å². The number of benzene rings is 1. The molecule has 0 amide bonds. The lowest BCUT2D eigenvalue weighted by Gasteiger charge is -2.11. The number of hydrogen-bond acceptors (Lipinski definition) is 4. The van der Waals surface area contributed by atoms with E-state index in [1.54, 1.807) is 24.1 Å². The average Bonchev–Trinajstić information content (AvgIpc) is 3.06. The molecule has 0 spiro atoms. The van der Waals surface area contributed by atoms with E-state index in [1.807, 2.05) is 36.5 Å². The fourth-order valence-electron chi connectivity index (χ4n) is 2.56. The van der Waals surface area contributed by atoms with Gasteiger partial charge < -0.3 is 14.4 Å².